The van der Waals surface area contributed by atoms with Gasteiger partial charge in [-0.1, -0.05) is 6.92 Å². The third-order valence-electron chi connectivity index (χ3n) is 3.89. The van der Waals surface area contributed by atoms with Crippen LogP contribution in [0.25, 0.3) is 0 Å². The van der Waals surface area contributed by atoms with Gasteiger partial charge in [0.2, 0.25) is 0 Å². The van der Waals surface area contributed by atoms with Gasteiger partial charge in [0.1, 0.15) is 0 Å². The summed E-state index contributed by atoms with van der Waals surface area (Å²) >= 11 is 0. The number of hydrogen-bond donors (Lipinski definition) is 2. The van der Waals surface area contributed by atoms with E-state index in [1.807, 2.05) is 11.8 Å². The second-order valence-electron chi connectivity index (χ2n) is 5.90. The van der Waals surface area contributed by atoms with E-state index in [0.717, 1.165) is 19.4 Å². The van der Waals surface area contributed by atoms with E-state index < -0.39 is 11.4 Å². The van der Waals surface area contributed by atoms with Gasteiger partial charge in [-0.15, -0.1) is 0 Å². The molecule has 2 N–H and O–H groups in total. The van der Waals surface area contributed by atoms with Crippen LogP contribution < -0.4 is 5.32 Å². The van der Waals surface area contributed by atoms with Crippen molar-refractivity contribution in [3.8, 4) is 0 Å². The number of carbonyl (C=O) groups excluding carboxylic acids is 1. The Morgan fingerprint density at radius 3 is 2.56 bits per heavy atom. The van der Waals surface area contributed by atoms with Crippen molar-refractivity contribution in [3.05, 3.63) is 0 Å². The lowest BCUT2D eigenvalue weighted by molar-refractivity contribution is -0.146. The molecular formula is C13H24N2O3. The molecule has 0 aromatic rings. The van der Waals surface area contributed by atoms with Crippen LogP contribution in [0.1, 0.15) is 40.5 Å². The highest BCUT2D eigenvalue weighted by atomic mass is 16.4. The van der Waals surface area contributed by atoms with Crippen LogP contribution in [0, 0.1) is 11.3 Å². The molecule has 2 amide bonds. The van der Waals surface area contributed by atoms with E-state index in [9.17, 15) is 9.59 Å². The van der Waals surface area contributed by atoms with Gasteiger partial charge in [-0.2, -0.15) is 0 Å². The number of hydrogen-bond acceptors (Lipinski definition) is 2. The molecule has 2 unspecified atom stereocenters. The van der Waals surface area contributed by atoms with Crippen molar-refractivity contribution in [1.82, 2.24) is 10.2 Å². The Labute approximate surface area is 109 Å². The van der Waals surface area contributed by atoms with Crippen molar-refractivity contribution in [2.45, 2.75) is 46.6 Å². The summed E-state index contributed by atoms with van der Waals surface area (Å²) in [6.45, 7) is 8.32. The standard InChI is InChI=1S/C13H24N2O3/c1-9-6-5-7-15(10(9)2)12(18)14-8-13(3,4)11(16)17/h9-10H,5-8H2,1-4H3,(H,14,18)(H,16,17). The first kappa shape index (κ1) is 14.8. The zero-order chi connectivity index (χ0) is 13.9. The molecule has 1 aliphatic heterocycles. The van der Waals surface area contributed by atoms with Crippen molar-refractivity contribution in [2.24, 2.45) is 11.3 Å². The molecule has 5 nitrogen and oxygen atoms in total. The molecule has 0 spiro atoms. The molecule has 18 heavy (non-hydrogen) atoms. The third kappa shape index (κ3) is 3.37. The van der Waals surface area contributed by atoms with Crippen LogP contribution in [-0.4, -0.2) is 41.1 Å². The largest absolute Gasteiger partial charge is 0.481 e. The maximum absolute atomic E-state index is 12.0. The highest BCUT2D eigenvalue weighted by molar-refractivity contribution is 5.77. The topological polar surface area (TPSA) is 69.6 Å². The molecular weight excluding hydrogens is 232 g/mol. The summed E-state index contributed by atoms with van der Waals surface area (Å²) in [5.41, 5.74) is -0.930. The van der Waals surface area contributed by atoms with Gasteiger partial charge in [0.25, 0.3) is 0 Å². The number of piperidine rings is 1. The van der Waals surface area contributed by atoms with Crippen molar-refractivity contribution in [1.29, 1.82) is 0 Å². The van der Waals surface area contributed by atoms with E-state index in [1.165, 1.54) is 0 Å². The molecule has 1 rings (SSSR count). The molecule has 0 aromatic heterocycles. The number of amides is 2. The van der Waals surface area contributed by atoms with E-state index in [1.54, 1.807) is 13.8 Å². The van der Waals surface area contributed by atoms with Crippen LogP contribution in [0.2, 0.25) is 0 Å². The van der Waals surface area contributed by atoms with Crippen molar-refractivity contribution < 1.29 is 14.7 Å². The first-order chi connectivity index (χ1) is 8.25. The van der Waals surface area contributed by atoms with E-state index >= 15 is 0 Å². The number of rotatable bonds is 3. The number of carboxylic acids is 1. The highest BCUT2D eigenvalue weighted by Gasteiger charge is 2.31. The lowest BCUT2D eigenvalue weighted by Crippen LogP contribution is -2.52. The summed E-state index contributed by atoms with van der Waals surface area (Å²) in [6, 6.07) is 0.0649. The van der Waals surface area contributed by atoms with Gasteiger partial charge in [-0.05, 0) is 39.5 Å². The number of carboxylic acid groups (broad SMARTS) is 1. The van der Waals surface area contributed by atoms with Crippen molar-refractivity contribution in [2.75, 3.05) is 13.1 Å². The van der Waals surface area contributed by atoms with Gasteiger partial charge >= 0.3 is 12.0 Å². The second kappa shape index (κ2) is 5.59. The number of aliphatic carboxylic acids is 1. The molecule has 0 aliphatic carbocycles. The molecule has 1 fully saturated rings. The number of carbonyl (C=O) groups is 2. The van der Waals surface area contributed by atoms with Gasteiger partial charge in [0.05, 0.1) is 5.41 Å². The number of nitrogens with one attached hydrogen (secondary N) is 1. The molecule has 104 valence electrons. The van der Waals surface area contributed by atoms with Crippen molar-refractivity contribution >= 4 is 12.0 Å². The molecule has 0 aromatic carbocycles. The quantitative estimate of drug-likeness (QED) is 0.810. The number of likely N-dealkylation sites (tertiary alicyclic amines) is 1. The maximum Gasteiger partial charge on any atom is 0.317 e. The zero-order valence-electron chi connectivity index (χ0n) is 11.7. The summed E-state index contributed by atoms with van der Waals surface area (Å²) in [5, 5.41) is 11.7. The van der Waals surface area contributed by atoms with Crippen LogP contribution in [0.5, 0.6) is 0 Å². The van der Waals surface area contributed by atoms with Crippen LogP contribution in [0.15, 0.2) is 0 Å². The first-order valence-corrected chi connectivity index (χ1v) is 6.53. The predicted octanol–water partition coefficient (Wildman–Crippen LogP) is 1.93. The highest BCUT2D eigenvalue weighted by Crippen LogP contribution is 2.23. The monoisotopic (exact) mass is 256 g/mol. The third-order valence-corrected chi connectivity index (χ3v) is 3.89. The molecule has 0 radical (unpaired) electrons. The van der Waals surface area contributed by atoms with Gasteiger partial charge in [-0.3, -0.25) is 4.79 Å². The number of urea groups is 1. The van der Waals surface area contributed by atoms with Crippen molar-refractivity contribution in [3.63, 3.8) is 0 Å². The van der Waals surface area contributed by atoms with Gasteiger partial charge < -0.3 is 15.3 Å². The van der Waals surface area contributed by atoms with Gasteiger partial charge in [-0.25, -0.2) is 4.79 Å². The van der Waals surface area contributed by atoms with E-state index in [4.69, 9.17) is 5.11 Å². The molecule has 1 aliphatic rings. The summed E-state index contributed by atoms with van der Waals surface area (Å²) in [4.78, 5) is 24.8. The Balaban J connectivity index is 2.53. The molecule has 5 heteroatoms. The number of nitrogens with zero attached hydrogens (tertiary/aromatic N) is 1. The molecule has 1 heterocycles. The Morgan fingerprint density at radius 1 is 1.39 bits per heavy atom. The molecule has 1 saturated heterocycles. The summed E-state index contributed by atoms with van der Waals surface area (Å²) < 4.78 is 0. The average molecular weight is 256 g/mol. The second-order valence-corrected chi connectivity index (χ2v) is 5.90. The Morgan fingerprint density at radius 2 is 2.00 bits per heavy atom. The van der Waals surface area contributed by atoms with Crippen LogP contribution >= 0.6 is 0 Å². The fourth-order valence-electron chi connectivity index (χ4n) is 2.10. The maximum atomic E-state index is 12.0. The van der Waals surface area contributed by atoms with Crippen LogP contribution in [0.3, 0.4) is 0 Å². The smallest absolute Gasteiger partial charge is 0.317 e. The summed E-state index contributed by atoms with van der Waals surface area (Å²) in [7, 11) is 0. The van der Waals surface area contributed by atoms with E-state index in [0.29, 0.717) is 5.92 Å². The minimum absolute atomic E-state index is 0.150. The molecule has 0 bridgehead atoms. The van der Waals surface area contributed by atoms with Crippen LogP contribution in [-0.2, 0) is 4.79 Å². The van der Waals surface area contributed by atoms with E-state index in [2.05, 4.69) is 12.2 Å². The average Bonchev–Trinajstić information content (AvgIpc) is 2.29. The normalized spacial score (nSPS) is 24.8. The molecule has 2 atom stereocenters. The van der Waals surface area contributed by atoms with Gasteiger partial charge in [0.15, 0.2) is 0 Å². The molecule has 0 saturated carbocycles. The first-order valence-electron chi connectivity index (χ1n) is 6.53. The fraction of sp³-hybridized carbons (Fsp3) is 0.846. The lowest BCUT2D eigenvalue weighted by atomic mass is 9.92. The summed E-state index contributed by atoms with van der Waals surface area (Å²) in [5.74, 6) is -0.403. The predicted molar refractivity (Wildman–Crippen MR) is 69.4 cm³/mol. The minimum Gasteiger partial charge on any atom is -0.481 e. The Kier molecular flexibility index (Phi) is 4.59. The minimum atomic E-state index is -0.930. The summed E-state index contributed by atoms with van der Waals surface area (Å²) in [6.07, 6.45) is 2.16. The van der Waals surface area contributed by atoms with E-state index in [-0.39, 0.29) is 18.6 Å². The fourth-order valence-corrected chi connectivity index (χ4v) is 2.10. The zero-order valence-corrected chi connectivity index (χ0v) is 11.7. The Hall–Kier alpha value is -1.26. The van der Waals surface area contributed by atoms with Gasteiger partial charge in [0, 0.05) is 19.1 Å². The Bertz CT molecular complexity index is 328. The lowest BCUT2D eigenvalue weighted by Gasteiger charge is -2.38. The SMILES string of the molecule is CC1CCCN(C(=O)NCC(C)(C)C(=O)O)C1C. The van der Waals surface area contributed by atoms with Crippen LogP contribution in [0.4, 0.5) is 4.79 Å².